The molecular weight excluding hydrogens is 363 g/mol. The molecule has 0 aliphatic carbocycles. The molecule has 0 spiro atoms. The Kier molecular flexibility index (Phi) is 4.19. The predicted molar refractivity (Wildman–Crippen MR) is 93.6 cm³/mol. The number of rotatable bonds is 4. The summed E-state index contributed by atoms with van der Waals surface area (Å²) in [4.78, 5) is 25.9. The minimum atomic E-state index is -3.56. The standard InChI is InChI=1S/C17H15FN2O5S/c1-3-26(24,25)9-4-5-13(18)10(6-9)12-8-20(2)16(21)15-11(12)7-14(19-15)17(22)23/h4-8,19H,3H2,1-2H3,(H,22,23). The molecule has 0 radical (unpaired) electrons. The lowest BCUT2D eigenvalue weighted by Crippen LogP contribution is -2.17. The van der Waals surface area contributed by atoms with E-state index in [1.54, 1.807) is 0 Å². The first kappa shape index (κ1) is 17.9. The highest BCUT2D eigenvalue weighted by molar-refractivity contribution is 7.91. The van der Waals surface area contributed by atoms with Gasteiger partial charge in [0.05, 0.1) is 10.6 Å². The van der Waals surface area contributed by atoms with Gasteiger partial charge in [0.2, 0.25) is 0 Å². The average Bonchev–Trinajstić information content (AvgIpc) is 3.04. The number of fused-ring (bicyclic) bond motifs is 1. The van der Waals surface area contributed by atoms with Crippen LogP contribution in [0.15, 0.2) is 40.2 Å². The van der Waals surface area contributed by atoms with Crippen LogP contribution in [-0.2, 0) is 16.9 Å². The van der Waals surface area contributed by atoms with Gasteiger partial charge in [-0.1, -0.05) is 6.92 Å². The molecule has 0 fully saturated rings. The van der Waals surface area contributed by atoms with Gasteiger partial charge in [0.25, 0.3) is 5.56 Å². The first-order valence-electron chi connectivity index (χ1n) is 7.64. The zero-order chi connectivity index (χ0) is 19.2. The third-order valence-corrected chi connectivity index (χ3v) is 5.89. The second-order valence-corrected chi connectivity index (χ2v) is 8.06. The molecule has 2 aromatic heterocycles. The maximum absolute atomic E-state index is 14.5. The van der Waals surface area contributed by atoms with Gasteiger partial charge >= 0.3 is 5.97 Å². The number of sulfone groups is 1. The van der Waals surface area contributed by atoms with E-state index in [4.69, 9.17) is 5.11 Å². The van der Waals surface area contributed by atoms with Crippen molar-refractivity contribution in [3.8, 4) is 11.1 Å². The fourth-order valence-corrected chi connectivity index (χ4v) is 3.64. The first-order valence-corrected chi connectivity index (χ1v) is 9.29. The highest BCUT2D eigenvalue weighted by Crippen LogP contribution is 2.31. The van der Waals surface area contributed by atoms with E-state index >= 15 is 0 Å². The van der Waals surface area contributed by atoms with Crippen molar-refractivity contribution in [2.75, 3.05) is 5.75 Å². The summed E-state index contributed by atoms with van der Waals surface area (Å²) in [6.45, 7) is 1.48. The van der Waals surface area contributed by atoms with Crippen molar-refractivity contribution in [2.45, 2.75) is 11.8 Å². The van der Waals surface area contributed by atoms with Crippen molar-refractivity contribution in [1.29, 1.82) is 0 Å². The van der Waals surface area contributed by atoms with E-state index in [1.165, 1.54) is 42.9 Å². The number of nitrogens with one attached hydrogen (secondary N) is 1. The first-order chi connectivity index (χ1) is 12.2. The molecule has 3 rings (SSSR count). The monoisotopic (exact) mass is 378 g/mol. The van der Waals surface area contributed by atoms with Crippen LogP contribution >= 0.6 is 0 Å². The van der Waals surface area contributed by atoms with E-state index in [0.29, 0.717) is 0 Å². The molecule has 136 valence electrons. The Labute approximate surface area is 147 Å². The third-order valence-electron chi connectivity index (χ3n) is 4.16. The number of carboxylic acids is 1. The smallest absolute Gasteiger partial charge is 0.352 e. The highest BCUT2D eigenvalue weighted by atomic mass is 32.2. The lowest BCUT2D eigenvalue weighted by molar-refractivity contribution is 0.0691. The van der Waals surface area contributed by atoms with Gasteiger partial charge in [-0.05, 0) is 24.3 Å². The van der Waals surface area contributed by atoms with Crippen molar-refractivity contribution in [2.24, 2.45) is 7.05 Å². The van der Waals surface area contributed by atoms with Crippen molar-refractivity contribution in [3.63, 3.8) is 0 Å². The molecule has 0 saturated carbocycles. The van der Waals surface area contributed by atoms with E-state index in [0.717, 1.165) is 6.07 Å². The Balaban J connectivity index is 2.39. The van der Waals surface area contributed by atoms with Crippen LogP contribution in [0.25, 0.3) is 22.0 Å². The largest absolute Gasteiger partial charge is 0.477 e. The Morgan fingerprint density at radius 3 is 2.58 bits per heavy atom. The third kappa shape index (κ3) is 2.80. The summed E-state index contributed by atoms with van der Waals surface area (Å²) in [6, 6.07) is 4.64. The fraction of sp³-hybridized carbons (Fsp3) is 0.176. The molecule has 0 unspecified atom stereocenters. The van der Waals surface area contributed by atoms with Crippen LogP contribution in [0.2, 0.25) is 0 Å². The van der Waals surface area contributed by atoms with E-state index < -0.39 is 27.2 Å². The van der Waals surface area contributed by atoms with Crippen molar-refractivity contribution < 1.29 is 22.7 Å². The number of carbonyl (C=O) groups is 1. The summed E-state index contributed by atoms with van der Waals surface area (Å²) in [5.41, 5.74) is -0.505. The molecular formula is C17H15FN2O5S. The second kappa shape index (κ2) is 6.10. The van der Waals surface area contributed by atoms with Crippen LogP contribution in [0.5, 0.6) is 0 Å². The molecule has 1 aromatic carbocycles. The van der Waals surface area contributed by atoms with Gasteiger partial charge in [-0.3, -0.25) is 4.79 Å². The van der Waals surface area contributed by atoms with Gasteiger partial charge in [-0.15, -0.1) is 0 Å². The summed E-state index contributed by atoms with van der Waals surface area (Å²) in [6.07, 6.45) is 1.35. The van der Waals surface area contributed by atoms with Crippen molar-refractivity contribution >= 4 is 26.7 Å². The van der Waals surface area contributed by atoms with Crippen LogP contribution in [0.4, 0.5) is 4.39 Å². The zero-order valence-corrected chi connectivity index (χ0v) is 14.7. The second-order valence-electron chi connectivity index (χ2n) is 5.78. The lowest BCUT2D eigenvalue weighted by Gasteiger charge is -2.10. The molecule has 2 heterocycles. The van der Waals surface area contributed by atoms with Crippen LogP contribution in [0.1, 0.15) is 17.4 Å². The van der Waals surface area contributed by atoms with Crippen LogP contribution < -0.4 is 5.56 Å². The van der Waals surface area contributed by atoms with Gasteiger partial charge < -0.3 is 14.7 Å². The number of aryl methyl sites for hydroxylation is 1. The van der Waals surface area contributed by atoms with Crippen LogP contribution in [-0.4, -0.2) is 34.8 Å². The Morgan fingerprint density at radius 2 is 1.96 bits per heavy atom. The van der Waals surface area contributed by atoms with E-state index in [2.05, 4.69) is 4.98 Å². The zero-order valence-electron chi connectivity index (χ0n) is 13.9. The summed E-state index contributed by atoms with van der Waals surface area (Å²) >= 11 is 0. The van der Waals surface area contributed by atoms with Crippen LogP contribution in [0.3, 0.4) is 0 Å². The number of halogens is 1. The molecule has 0 saturated heterocycles. The summed E-state index contributed by atoms with van der Waals surface area (Å²) < 4.78 is 39.9. The number of H-pyrrole nitrogens is 1. The van der Waals surface area contributed by atoms with Gasteiger partial charge in [0.1, 0.15) is 17.0 Å². The number of carboxylic acid groups (broad SMARTS) is 1. The molecule has 3 aromatic rings. The quantitative estimate of drug-likeness (QED) is 0.676. The highest BCUT2D eigenvalue weighted by Gasteiger charge is 2.20. The summed E-state index contributed by atoms with van der Waals surface area (Å²) in [5.74, 6) is -2.09. The van der Waals surface area contributed by atoms with Gasteiger partial charge in [-0.2, -0.15) is 0 Å². The summed E-state index contributed by atoms with van der Waals surface area (Å²) in [7, 11) is -2.12. The normalized spacial score (nSPS) is 11.8. The Hall–Kier alpha value is -2.94. The van der Waals surface area contributed by atoms with E-state index in [1.807, 2.05) is 0 Å². The molecule has 0 aliphatic heterocycles. The molecule has 9 heteroatoms. The number of aromatic nitrogens is 2. The van der Waals surface area contributed by atoms with Crippen molar-refractivity contribution in [3.05, 3.63) is 52.3 Å². The topological polar surface area (TPSA) is 109 Å². The Bertz CT molecular complexity index is 1210. The number of pyridine rings is 1. The van der Waals surface area contributed by atoms with Crippen molar-refractivity contribution in [1.82, 2.24) is 9.55 Å². The molecule has 0 bridgehead atoms. The van der Waals surface area contributed by atoms with Crippen LogP contribution in [0, 0.1) is 5.82 Å². The Morgan fingerprint density at radius 1 is 1.27 bits per heavy atom. The number of aromatic amines is 1. The summed E-state index contributed by atoms with van der Waals surface area (Å²) in [5, 5.41) is 9.36. The lowest BCUT2D eigenvalue weighted by atomic mass is 10.0. The maximum atomic E-state index is 14.5. The number of aromatic carboxylic acids is 1. The number of benzene rings is 1. The molecule has 0 atom stereocenters. The van der Waals surface area contributed by atoms with Gasteiger partial charge in [0.15, 0.2) is 9.84 Å². The van der Waals surface area contributed by atoms with Gasteiger partial charge in [0, 0.05) is 29.8 Å². The molecule has 0 amide bonds. The number of nitrogens with zero attached hydrogens (tertiary/aromatic N) is 1. The minimum Gasteiger partial charge on any atom is -0.477 e. The molecule has 2 N–H and O–H groups in total. The number of hydrogen-bond acceptors (Lipinski definition) is 4. The molecule has 7 nitrogen and oxygen atoms in total. The molecule has 26 heavy (non-hydrogen) atoms. The average molecular weight is 378 g/mol. The fourth-order valence-electron chi connectivity index (χ4n) is 2.73. The SMILES string of the molecule is CCS(=O)(=O)c1ccc(F)c(-c2cn(C)c(=O)c3[nH]c(C(=O)O)cc23)c1. The van der Waals surface area contributed by atoms with E-state index in [-0.39, 0.29) is 38.4 Å². The van der Waals surface area contributed by atoms with Gasteiger partial charge in [-0.25, -0.2) is 17.6 Å². The predicted octanol–water partition coefficient (Wildman–Crippen LogP) is 2.16. The minimum absolute atomic E-state index is 0.00514. The number of hydrogen-bond donors (Lipinski definition) is 2. The maximum Gasteiger partial charge on any atom is 0.352 e. The molecule has 0 aliphatic rings. The van der Waals surface area contributed by atoms with E-state index in [9.17, 15) is 22.4 Å².